The molecule has 1 heterocycles. The largest absolute Gasteiger partial charge is 0.356 e. The molecule has 3 N–H and O–H groups in total. The van der Waals surface area contributed by atoms with Crippen molar-refractivity contribution in [3.8, 4) is 0 Å². The Morgan fingerprint density at radius 2 is 1.93 bits per heavy atom. The molecule has 27 heavy (non-hydrogen) atoms. The number of rotatable bonds is 7. The highest BCUT2D eigenvalue weighted by atomic mass is 16.1. The molecule has 2 aromatic rings. The molecule has 0 spiro atoms. The van der Waals surface area contributed by atoms with Gasteiger partial charge in [-0.05, 0) is 37.0 Å². The van der Waals surface area contributed by atoms with E-state index in [1.165, 1.54) is 18.4 Å². The summed E-state index contributed by atoms with van der Waals surface area (Å²) in [5, 5.41) is 9.40. The van der Waals surface area contributed by atoms with Crippen molar-refractivity contribution < 1.29 is 4.79 Å². The molecular formula is C21H27N5O. The minimum atomic E-state index is -0.0720. The third kappa shape index (κ3) is 5.29. The van der Waals surface area contributed by atoms with E-state index >= 15 is 0 Å². The second kappa shape index (κ2) is 8.66. The van der Waals surface area contributed by atoms with Gasteiger partial charge in [-0.15, -0.1) is 0 Å². The van der Waals surface area contributed by atoms with Crippen molar-refractivity contribution in [2.45, 2.75) is 31.6 Å². The molecule has 1 fully saturated rings. The lowest BCUT2D eigenvalue weighted by Crippen LogP contribution is -2.42. The number of guanidine groups is 1. The van der Waals surface area contributed by atoms with Gasteiger partial charge in [0.1, 0.15) is 5.82 Å². The maximum atomic E-state index is 12.0. The average Bonchev–Trinajstić information content (AvgIpc) is 3.48. The number of carbonyl (C=O) groups excluding carboxylic acids is 1. The van der Waals surface area contributed by atoms with Crippen LogP contribution in [-0.4, -0.2) is 37.0 Å². The minimum absolute atomic E-state index is 0.0720. The molecular weight excluding hydrogens is 338 g/mol. The number of pyridine rings is 1. The van der Waals surface area contributed by atoms with E-state index in [0.29, 0.717) is 18.8 Å². The van der Waals surface area contributed by atoms with Gasteiger partial charge in [-0.2, -0.15) is 0 Å². The standard InChI is InChI=1S/C21H27N5O/c1-16-8-9-18(24-14-16)26-19(27)10-13-23-20(22-2)25-15-21(11-12-21)17-6-4-3-5-7-17/h3-9,14H,10-13,15H2,1-2H3,(H2,22,23,25)(H,24,26,27). The summed E-state index contributed by atoms with van der Waals surface area (Å²) >= 11 is 0. The molecule has 3 rings (SSSR count). The highest BCUT2D eigenvalue weighted by Crippen LogP contribution is 2.47. The van der Waals surface area contributed by atoms with Gasteiger partial charge in [0.25, 0.3) is 0 Å². The summed E-state index contributed by atoms with van der Waals surface area (Å²) in [7, 11) is 1.74. The number of nitrogens with one attached hydrogen (secondary N) is 3. The summed E-state index contributed by atoms with van der Waals surface area (Å²) in [5.74, 6) is 1.22. The Kier molecular flexibility index (Phi) is 6.06. The number of carbonyl (C=O) groups is 1. The van der Waals surface area contributed by atoms with Gasteiger partial charge in [-0.1, -0.05) is 36.4 Å². The summed E-state index contributed by atoms with van der Waals surface area (Å²) in [6.45, 7) is 3.32. The number of hydrogen-bond acceptors (Lipinski definition) is 3. The van der Waals surface area contributed by atoms with Crippen LogP contribution in [0.5, 0.6) is 0 Å². The number of amides is 1. The zero-order valence-electron chi connectivity index (χ0n) is 16.0. The zero-order chi connectivity index (χ0) is 19.1. The number of aliphatic imine (C=N–C) groups is 1. The lowest BCUT2D eigenvalue weighted by molar-refractivity contribution is -0.116. The van der Waals surface area contributed by atoms with Gasteiger partial charge >= 0.3 is 0 Å². The Morgan fingerprint density at radius 1 is 1.15 bits per heavy atom. The topological polar surface area (TPSA) is 78.4 Å². The maximum absolute atomic E-state index is 12.0. The highest BCUT2D eigenvalue weighted by molar-refractivity contribution is 5.90. The third-order valence-electron chi connectivity index (χ3n) is 4.88. The fourth-order valence-electron chi connectivity index (χ4n) is 3.03. The number of hydrogen-bond donors (Lipinski definition) is 3. The van der Waals surface area contributed by atoms with Crippen molar-refractivity contribution >= 4 is 17.7 Å². The van der Waals surface area contributed by atoms with Gasteiger partial charge in [0, 0.05) is 38.2 Å². The van der Waals surface area contributed by atoms with E-state index in [2.05, 4.69) is 50.2 Å². The average molecular weight is 365 g/mol. The van der Waals surface area contributed by atoms with E-state index in [0.717, 1.165) is 18.1 Å². The lowest BCUT2D eigenvalue weighted by Gasteiger charge is -2.19. The summed E-state index contributed by atoms with van der Waals surface area (Å²) < 4.78 is 0. The predicted octanol–water partition coefficient (Wildman–Crippen LogP) is 2.62. The van der Waals surface area contributed by atoms with Gasteiger partial charge in [-0.25, -0.2) is 4.98 Å². The first-order valence-electron chi connectivity index (χ1n) is 9.34. The SMILES string of the molecule is CN=C(NCCC(=O)Nc1ccc(C)cn1)NCC1(c2ccccc2)CC1. The lowest BCUT2D eigenvalue weighted by atomic mass is 9.96. The van der Waals surface area contributed by atoms with E-state index in [-0.39, 0.29) is 11.3 Å². The molecule has 0 saturated heterocycles. The summed E-state index contributed by atoms with van der Waals surface area (Å²) in [6.07, 6.45) is 4.46. The molecule has 6 nitrogen and oxygen atoms in total. The van der Waals surface area contributed by atoms with Crippen molar-refractivity contribution in [3.63, 3.8) is 0 Å². The predicted molar refractivity (Wildman–Crippen MR) is 109 cm³/mol. The van der Waals surface area contributed by atoms with Crippen LogP contribution in [0.25, 0.3) is 0 Å². The number of benzene rings is 1. The molecule has 1 saturated carbocycles. The third-order valence-corrected chi connectivity index (χ3v) is 4.88. The normalized spacial score (nSPS) is 15.1. The van der Waals surface area contributed by atoms with E-state index in [4.69, 9.17) is 0 Å². The number of aryl methyl sites for hydroxylation is 1. The van der Waals surface area contributed by atoms with Crippen LogP contribution in [0.3, 0.4) is 0 Å². The minimum Gasteiger partial charge on any atom is -0.356 e. The first-order chi connectivity index (χ1) is 13.1. The monoisotopic (exact) mass is 365 g/mol. The molecule has 1 aromatic heterocycles. The quantitative estimate of drug-likeness (QED) is 0.521. The molecule has 1 aliphatic rings. The maximum Gasteiger partial charge on any atom is 0.227 e. The molecule has 0 atom stereocenters. The summed E-state index contributed by atoms with van der Waals surface area (Å²) in [6, 6.07) is 14.3. The molecule has 0 bridgehead atoms. The molecule has 6 heteroatoms. The van der Waals surface area contributed by atoms with Crippen molar-refractivity contribution in [3.05, 3.63) is 59.8 Å². The van der Waals surface area contributed by atoms with Gasteiger partial charge in [0.15, 0.2) is 5.96 Å². The second-order valence-electron chi connectivity index (χ2n) is 7.02. The summed E-state index contributed by atoms with van der Waals surface area (Å²) in [4.78, 5) is 20.5. The molecule has 1 aromatic carbocycles. The number of anilines is 1. The van der Waals surface area contributed by atoms with E-state index in [1.54, 1.807) is 19.3 Å². The van der Waals surface area contributed by atoms with Crippen LogP contribution >= 0.6 is 0 Å². The Bertz CT molecular complexity index is 782. The van der Waals surface area contributed by atoms with E-state index < -0.39 is 0 Å². The van der Waals surface area contributed by atoms with Crippen molar-refractivity contribution in [1.82, 2.24) is 15.6 Å². The van der Waals surface area contributed by atoms with E-state index in [9.17, 15) is 4.79 Å². The van der Waals surface area contributed by atoms with Crippen LogP contribution < -0.4 is 16.0 Å². The molecule has 142 valence electrons. The van der Waals surface area contributed by atoms with Gasteiger partial charge in [0.2, 0.25) is 5.91 Å². The van der Waals surface area contributed by atoms with Crippen molar-refractivity contribution in [2.75, 3.05) is 25.5 Å². The Morgan fingerprint density at radius 3 is 2.56 bits per heavy atom. The highest BCUT2D eigenvalue weighted by Gasteiger charge is 2.43. The molecule has 0 aliphatic heterocycles. The van der Waals surface area contributed by atoms with Crippen LogP contribution in [0.4, 0.5) is 5.82 Å². The van der Waals surface area contributed by atoms with Crippen LogP contribution in [0.2, 0.25) is 0 Å². The van der Waals surface area contributed by atoms with Gasteiger partial charge in [0.05, 0.1) is 0 Å². The molecule has 1 amide bonds. The van der Waals surface area contributed by atoms with Crippen molar-refractivity contribution in [1.29, 1.82) is 0 Å². The number of nitrogens with zero attached hydrogens (tertiary/aromatic N) is 2. The molecule has 0 unspecified atom stereocenters. The van der Waals surface area contributed by atoms with Crippen LogP contribution in [0, 0.1) is 6.92 Å². The number of aromatic nitrogens is 1. The Hall–Kier alpha value is -2.89. The van der Waals surface area contributed by atoms with Gasteiger partial charge in [-0.3, -0.25) is 9.79 Å². The van der Waals surface area contributed by atoms with Gasteiger partial charge < -0.3 is 16.0 Å². The Balaban J connectivity index is 1.40. The first kappa shape index (κ1) is 18.9. The fraction of sp³-hybridized carbons (Fsp3) is 0.381. The van der Waals surface area contributed by atoms with Crippen LogP contribution in [-0.2, 0) is 10.2 Å². The van der Waals surface area contributed by atoms with Crippen molar-refractivity contribution in [2.24, 2.45) is 4.99 Å². The Labute approximate surface area is 160 Å². The first-order valence-corrected chi connectivity index (χ1v) is 9.34. The van der Waals surface area contributed by atoms with Crippen LogP contribution in [0.1, 0.15) is 30.4 Å². The zero-order valence-corrected chi connectivity index (χ0v) is 16.0. The van der Waals surface area contributed by atoms with E-state index in [1.807, 2.05) is 19.1 Å². The summed E-state index contributed by atoms with van der Waals surface area (Å²) in [5.41, 5.74) is 2.65. The second-order valence-corrected chi connectivity index (χ2v) is 7.02. The molecule has 1 aliphatic carbocycles. The smallest absolute Gasteiger partial charge is 0.227 e. The fourth-order valence-corrected chi connectivity index (χ4v) is 3.03. The molecule has 0 radical (unpaired) electrons. The van der Waals surface area contributed by atoms with Crippen LogP contribution in [0.15, 0.2) is 53.7 Å².